The topological polar surface area (TPSA) is 59.9 Å². The Hall–Kier alpha value is -2.53. The standard InChI is InChI=1S/C18H19ClN2O3/c1-3-23-16-10-5-13(11-17(16)24-4-2)12-20-21-18(22)14-6-8-15(19)9-7-14/h5-12H,3-4H2,1-2H3,(H,21,22)/b20-12-. The molecule has 6 heteroatoms. The van der Waals surface area contributed by atoms with Crippen LogP contribution in [0, 0.1) is 0 Å². The summed E-state index contributed by atoms with van der Waals surface area (Å²) in [7, 11) is 0. The highest BCUT2D eigenvalue weighted by molar-refractivity contribution is 6.30. The minimum Gasteiger partial charge on any atom is -0.490 e. The second-order valence-electron chi connectivity index (χ2n) is 4.78. The highest BCUT2D eigenvalue weighted by Crippen LogP contribution is 2.27. The first kappa shape index (κ1) is 17.8. The maximum absolute atomic E-state index is 11.9. The number of carbonyl (C=O) groups excluding carboxylic acids is 1. The van der Waals surface area contributed by atoms with Gasteiger partial charge in [0.25, 0.3) is 5.91 Å². The van der Waals surface area contributed by atoms with Gasteiger partial charge in [0.1, 0.15) is 0 Å². The van der Waals surface area contributed by atoms with Gasteiger partial charge in [0.15, 0.2) is 11.5 Å². The third-order valence-corrected chi connectivity index (χ3v) is 3.31. The monoisotopic (exact) mass is 346 g/mol. The van der Waals surface area contributed by atoms with Gasteiger partial charge in [0, 0.05) is 10.6 Å². The Kier molecular flexibility index (Phi) is 6.63. The Morgan fingerprint density at radius 3 is 2.42 bits per heavy atom. The van der Waals surface area contributed by atoms with Crippen LogP contribution in [-0.2, 0) is 0 Å². The van der Waals surface area contributed by atoms with Crippen molar-refractivity contribution in [3.63, 3.8) is 0 Å². The summed E-state index contributed by atoms with van der Waals surface area (Å²) >= 11 is 5.79. The first-order chi connectivity index (χ1) is 11.6. The van der Waals surface area contributed by atoms with E-state index in [1.807, 2.05) is 32.0 Å². The fourth-order valence-corrected chi connectivity index (χ4v) is 2.11. The summed E-state index contributed by atoms with van der Waals surface area (Å²) in [6.45, 7) is 4.92. The molecule has 0 unspecified atom stereocenters. The summed E-state index contributed by atoms with van der Waals surface area (Å²) in [5.41, 5.74) is 3.75. The molecule has 1 N–H and O–H groups in total. The van der Waals surface area contributed by atoms with E-state index < -0.39 is 0 Å². The van der Waals surface area contributed by atoms with E-state index in [1.165, 1.54) is 0 Å². The van der Waals surface area contributed by atoms with E-state index in [1.54, 1.807) is 30.5 Å². The van der Waals surface area contributed by atoms with Crippen molar-refractivity contribution in [3.8, 4) is 11.5 Å². The molecule has 0 fully saturated rings. The summed E-state index contributed by atoms with van der Waals surface area (Å²) in [6, 6.07) is 12.0. The molecule has 0 atom stereocenters. The van der Waals surface area contributed by atoms with E-state index >= 15 is 0 Å². The number of halogens is 1. The molecule has 5 nitrogen and oxygen atoms in total. The van der Waals surface area contributed by atoms with Crippen LogP contribution in [-0.4, -0.2) is 25.3 Å². The molecule has 2 aromatic rings. The van der Waals surface area contributed by atoms with Crippen LogP contribution in [0.1, 0.15) is 29.8 Å². The maximum atomic E-state index is 11.9. The molecule has 0 aromatic heterocycles. The second-order valence-corrected chi connectivity index (χ2v) is 5.21. The molecular formula is C18H19ClN2O3. The second kappa shape index (κ2) is 8.93. The van der Waals surface area contributed by atoms with Crippen LogP contribution >= 0.6 is 11.6 Å². The van der Waals surface area contributed by atoms with E-state index in [-0.39, 0.29) is 5.91 Å². The lowest BCUT2D eigenvalue weighted by atomic mass is 10.2. The Morgan fingerprint density at radius 2 is 1.75 bits per heavy atom. The van der Waals surface area contributed by atoms with Crippen LogP contribution in [0.2, 0.25) is 5.02 Å². The smallest absolute Gasteiger partial charge is 0.271 e. The van der Waals surface area contributed by atoms with Crippen LogP contribution in [0.5, 0.6) is 11.5 Å². The average molecular weight is 347 g/mol. The molecule has 2 rings (SSSR count). The quantitative estimate of drug-likeness (QED) is 0.611. The van der Waals surface area contributed by atoms with Gasteiger partial charge in [-0.15, -0.1) is 0 Å². The van der Waals surface area contributed by atoms with Crippen LogP contribution < -0.4 is 14.9 Å². The van der Waals surface area contributed by atoms with E-state index in [0.717, 1.165) is 5.56 Å². The van der Waals surface area contributed by atoms with Gasteiger partial charge in [0.05, 0.1) is 19.4 Å². The first-order valence-corrected chi connectivity index (χ1v) is 8.00. The van der Waals surface area contributed by atoms with Crippen molar-refractivity contribution in [1.82, 2.24) is 5.43 Å². The number of nitrogens with one attached hydrogen (secondary N) is 1. The van der Waals surface area contributed by atoms with Crippen molar-refractivity contribution < 1.29 is 14.3 Å². The predicted octanol–water partition coefficient (Wildman–Crippen LogP) is 3.90. The van der Waals surface area contributed by atoms with E-state index in [2.05, 4.69) is 10.5 Å². The van der Waals surface area contributed by atoms with Gasteiger partial charge in [-0.25, -0.2) is 5.43 Å². The number of ether oxygens (including phenoxy) is 2. The molecule has 0 saturated heterocycles. The number of amides is 1. The summed E-state index contributed by atoms with van der Waals surface area (Å²) in [5.74, 6) is 1.02. The lowest BCUT2D eigenvalue weighted by molar-refractivity contribution is 0.0955. The van der Waals surface area contributed by atoms with Crippen molar-refractivity contribution in [2.75, 3.05) is 13.2 Å². The van der Waals surface area contributed by atoms with Crippen molar-refractivity contribution in [2.45, 2.75) is 13.8 Å². The Morgan fingerprint density at radius 1 is 1.08 bits per heavy atom. The zero-order valence-electron chi connectivity index (χ0n) is 13.6. The molecule has 0 aliphatic carbocycles. The normalized spacial score (nSPS) is 10.6. The zero-order chi connectivity index (χ0) is 17.4. The minimum atomic E-state index is -0.307. The lowest BCUT2D eigenvalue weighted by Gasteiger charge is -2.11. The van der Waals surface area contributed by atoms with Gasteiger partial charge in [-0.2, -0.15) is 5.10 Å². The molecule has 0 heterocycles. The van der Waals surface area contributed by atoms with Crippen LogP contribution in [0.15, 0.2) is 47.6 Å². The number of rotatable bonds is 7. The fraction of sp³-hybridized carbons (Fsp3) is 0.222. The molecular weight excluding hydrogens is 328 g/mol. The molecule has 24 heavy (non-hydrogen) atoms. The Bertz CT molecular complexity index is 715. The highest BCUT2D eigenvalue weighted by Gasteiger charge is 2.06. The molecule has 0 aliphatic rings. The Labute approximate surface area is 146 Å². The predicted molar refractivity (Wildman–Crippen MR) is 95.3 cm³/mol. The van der Waals surface area contributed by atoms with Gasteiger partial charge in [0.2, 0.25) is 0 Å². The molecule has 0 aliphatic heterocycles. The molecule has 0 radical (unpaired) electrons. The average Bonchev–Trinajstić information content (AvgIpc) is 2.58. The number of hydrazone groups is 1. The number of benzene rings is 2. The first-order valence-electron chi connectivity index (χ1n) is 7.62. The van der Waals surface area contributed by atoms with Gasteiger partial charge in [-0.05, 0) is 61.9 Å². The van der Waals surface area contributed by atoms with Gasteiger partial charge in [-0.1, -0.05) is 11.6 Å². The van der Waals surface area contributed by atoms with Crippen LogP contribution in [0.3, 0.4) is 0 Å². The van der Waals surface area contributed by atoms with E-state index in [9.17, 15) is 4.79 Å². The molecule has 0 bridgehead atoms. The van der Waals surface area contributed by atoms with Crippen LogP contribution in [0.25, 0.3) is 0 Å². The largest absolute Gasteiger partial charge is 0.490 e. The maximum Gasteiger partial charge on any atom is 0.271 e. The van der Waals surface area contributed by atoms with Gasteiger partial charge < -0.3 is 9.47 Å². The number of nitrogens with zero attached hydrogens (tertiary/aromatic N) is 1. The SMILES string of the molecule is CCOc1ccc(/C=N\NC(=O)c2ccc(Cl)cc2)cc1OCC. The summed E-state index contributed by atoms with van der Waals surface area (Å²) in [4.78, 5) is 11.9. The lowest BCUT2D eigenvalue weighted by Crippen LogP contribution is -2.17. The molecule has 0 spiro atoms. The van der Waals surface area contributed by atoms with Crippen molar-refractivity contribution in [1.29, 1.82) is 0 Å². The number of hydrogen-bond acceptors (Lipinski definition) is 4. The van der Waals surface area contributed by atoms with Crippen molar-refractivity contribution in [3.05, 3.63) is 58.6 Å². The van der Waals surface area contributed by atoms with Crippen molar-refractivity contribution in [2.24, 2.45) is 5.10 Å². The zero-order valence-corrected chi connectivity index (χ0v) is 14.3. The molecule has 2 aromatic carbocycles. The number of carbonyl (C=O) groups is 1. The summed E-state index contributed by atoms with van der Waals surface area (Å²) in [5, 5.41) is 4.54. The van der Waals surface area contributed by atoms with E-state index in [4.69, 9.17) is 21.1 Å². The minimum absolute atomic E-state index is 0.307. The third kappa shape index (κ3) is 4.99. The molecule has 126 valence electrons. The summed E-state index contributed by atoms with van der Waals surface area (Å²) in [6.07, 6.45) is 1.55. The molecule has 1 amide bonds. The summed E-state index contributed by atoms with van der Waals surface area (Å²) < 4.78 is 11.1. The van der Waals surface area contributed by atoms with Crippen molar-refractivity contribution >= 4 is 23.7 Å². The molecule has 0 saturated carbocycles. The number of hydrogen-bond donors (Lipinski definition) is 1. The fourth-order valence-electron chi connectivity index (χ4n) is 1.98. The Balaban J connectivity index is 2.04. The van der Waals surface area contributed by atoms with Gasteiger partial charge in [-0.3, -0.25) is 4.79 Å². The highest BCUT2D eigenvalue weighted by atomic mass is 35.5. The van der Waals surface area contributed by atoms with E-state index in [0.29, 0.717) is 35.3 Å². The third-order valence-electron chi connectivity index (χ3n) is 3.05. The van der Waals surface area contributed by atoms with Crippen LogP contribution in [0.4, 0.5) is 0 Å². The van der Waals surface area contributed by atoms with Gasteiger partial charge >= 0.3 is 0 Å².